The monoisotopic (exact) mass is 571 g/mol. The highest BCUT2D eigenvalue weighted by Crippen LogP contribution is 2.42. The first-order chi connectivity index (χ1) is 19.5. The first-order valence-electron chi connectivity index (χ1n) is 15.8. The summed E-state index contributed by atoms with van der Waals surface area (Å²) in [4.78, 5) is 44.9. The summed E-state index contributed by atoms with van der Waals surface area (Å²) in [6.07, 6.45) is 13.1. The molecule has 5 N–H and O–H groups in total. The molecular weight excluding hydrogens is 518 g/mol. The van der Waals surface area contributed by atoms with Gasteiger partial charge in [-0.3, -0.25) is 9.59 Å². The predicted octanol–water partition coefficient (Wildman–Crippen LogP) is 5.48. The summed E-state index contributed by atoms with van der Waals surface area (Å²) >= 11 is 0. The Balaban J connectivity index is 1.89. The maximum absolute atomic E-state index is 14.0. The van der Waals surface area contributed by atoms with E-state index in [1.807, 2.05) is 19.9 Å². The lowest BCUT2D eigenvalue weighted by Gasteiger charge is -2.42. The molecule has 1 aromatic rings. The predicted molar refractivity (Wildman–Crippen MR) is 162 cm³/mol. The van der Waals surface area contributed by atoms with Crippen molar-refractivity contribution in [2.75, 3.05) is 5.73 Å². The number of nitrogens with one attached hydrogen (secondary N) is 3. The second kappa shape index (κ2) is 15.4. The average Bonchev–Trinajstić information content (AvgIpc) is 2.95. The number of hydrogen-bond donors (Lipinski definition) is 4. The smallest absolute Gasteiger partial charge is 0.408 e. The molecular formula is C32H53N5O4. The molecule has 0 saturated heterocycles. The van der Waals surface area contributed by atoms with Crippen molar-refractivity contribution in [1.29, 1.82) is 0 Å². The van der Waals surface area contributed by atoms with Crippen LogP contribution in [0.3, 0.4) is 0 Å². The number of nitrogens with zero attached hydrogens (tertiary/aromatic N) is 1. The van der Waals surface area contributed by atoms with Crippen molar-refractivity contribution in [3.8, 4) is 0 Å². The Labute approximate surface area is 246 Å². The van der Waals surface area contributed by atoms with Crippen LogP contribution in [0, 0.1) is 23.7 Å². The van der Waals surface area contributed by atoms with Crippen molar-refractivity contribution in [2.45, 2.75) is 129 Å². The van der Waals surface area contributed by atoms with Gasteiger partial charge in [0.15, 0.2) is 0 Å². The normalized spacial score (nSPS) is 19.2. The van der Waals surface area contributed by atoms with Gasteiger partial charge in [-0.25, -0.2) is 9.78 Å². The van der Waals surface area contributed by atoms with Gasteiger partial charge in [0, 0.05) is 12.7 Å². The maximum Gasteiger partial charge on any atom is 0.408 e. The molecule has 2 saturated carbocycles. The summed E-state index contributed by atoms with van der Waals surface area (Å²) in [5, 5.41) is 9.08. The van der Waals surface area contributed by atoms with Crippen LogP contribution >= 0.6 is 0 Å². The molecule has 0 aliphatic heterocycles. The molecule has 2 aliphatic rings. The summed E-state index contributed by atoms with van der Waals surface area (Å²) in [6, 6.07) is 2.05. The van der Waals surface area contributed by atoms with Crippen LogP contribution in [0.1, 0.15) is 111 Å². The van der Waals surface area contributed by atoms with Gasteiger partial charge < -0.3 is 26.4 Å². The van der Waals surface area contributed by atoms with Gasteiger partial charge in [0.2, 0.25) is 11.8 Å². The SMILES string of the molecule is CC[C@H](C)C(NC(=O)OC(C)(C)C)C(=O)N[C@@H](C(=O)NCc1ccc(N)nc1)C(C1CCCCC1)C1CCCCC1. The van der Waals surface area contributed by atoms with E-state index in [0.29, 0.717) is 30.6 Å². The minimum atomic E-state index is -0.815. The van der Waals surface area contributed by atoms with Crippen molar-refractivity contribution >= 4 is 23.7 Å². The van der Waals surface area contributed by atoms with E-state index in [-0.39, 0.29) is 23.7 Å². The van der Waals surface area contributed by atoms with Crippen molar-refractivity contribution in [3.63, 3.8) is 0 Å². The summed E-state index contributed by atoms with van der Waals surface area (Å²) in [7, 11) is 0. The number of pyridine rings is 1. The third kappa shape index (κ3) is 10.2. The molecule has 1 unspecified atom stereocenters. The molecule has 1 aromatic heterocycles. The molecule has 230 valence electrons. The van der Waals surface area contributed by atoms with Gasteiger partial charge in [0.25, 0.3) is 0 Å². The van der Waals surface area contributed by atoms with E-state index in [1.165, 1.54) is 12.8 Å². The van der Waals surface area contributed by atoms with E-state index in [2.05, 4.69) is 20.9 Å². The first kappa shape index (κ1) is 32.7. The molecule has 1 heterocycles. The van der Waals surface area contributed by atoms with Crippen LogP contribution in [-0.2, 0) is 20.9 Å². The summed E-state index contributed by atoms with van der Waals surface area (Å²) in [5.74, 6) is 0.558. The van der Waals surface area contributed by atoms with Gasteiger partial charge in [0.05, 0.1) is 0 Å². The second-order valence-electron chi connectivity index (χ2n) is 13.2. The van der Waals surface area contributed by atoms with E-state index in [0.717, 1.165) is 56.9 Å². The minimum absolute atomic E-state index is 0.0446. The highest BCUT2D eigenvalue weighted by atomic mass is 16.6. The zero-order valence-electron chi connectivity index (χ0n) is 25.8. The molecule has 2 fully saturated rings. The van der Waals surface area contributed by atoms with Crippen molar-refractivity contribution in [1.82, 2.24) is 20.9 Å². The third-order valence-corrected chi connectivity index (χ3v) is 8.84. The highest BCUT2D eigenvalue weighted by Gasteiger charge is 2.42. The molecule has 2 aliphatic carbocycles. The van der Waals surface area contributed by atoms with Gasteiger partial charge in [-0.05, 0) is 56.1 Å². The van der Waals surface area contributed by atoms with Crippen LogP contribution < -0.4 is 21.7 Å². The largest absolute Gasteiger partial charge is 0.444 e. The molecule has 9 heteroatoms. The number of amides is 3. The fourth-order valence-electron chi connectivity index (χ4n) is 6.52. The number of nitrogens with two attached hydrogens (primary N) is 1. The fourth-order valence-corrected chi connectivity index (χ4v) is 6.52. The minimum Gasteiger partial charge on any atom is -0.444 e. The zero-order chi connectivity index (χ0) is 30.0. The highest BCUT2D eigenvalue weighted by molar-refractivity contribution is 5.91. The van der Waals surface area contributed by atoms with Crippen LogP contribution in [0.2, 0.25) is 0 Å². The third-order valence-electron chi connectivity index (χ3n) is 8.84. The molecule has 0 spiro atoms. The molecule has 3 rings (SSSR count). The topological polar surface area (TPSA) is 135 Å². The quantitative estimate of drug-likeness (QED) is 0.278. The Kier molecular flexibility index (Phi) is 12.3. The summed E-state index contributed by atoms with van der Waals surface area (Å²) < 4.78 is 5.48. The number of hydrogen-bond acceptors (Lipinski definition) is 6. The number of carbonyl (C=O) groups excluding carboxylic acids is 3. The van der Waals surface area contributed by atoms with Gasteiger partial charge in [0.1, 0.15) is 23.5 Å². The second-order valence-corrected chi connectivity index (χ2v) is 13.2. The molecule has 0 bridgehead atoms. The van der Waals surface area contributed by atoms with Crippen molar-refractivity contribution in [2.24, 2.45) is 23.7 Å². The Morgan fingerprint density at radius 2 is 1.51 bits per heavy atom. The average molecular weight is 572 g/mol. The van der Waals surface area contributed by atoms with Gasteiger partial charge >= 0.3 is 6.09 Å². The van der Waals surface area contributed by atoms with Gasteiger partial charge in [-0.2, -0.15) is 0 Å². The van der Waals surface area contributed by atoms with Gasteiger partial charge in [-0.15, -0.1) is 0 Å². The number of alkyl carbamates (subject to hydrolysis) is 1. The van der Waals surface area contributed by atoms with Crippen LogP contribution in [0.25, 0.3) is 0 Å². The van der Waals surface area contributed by atoms with E-state index in [9.17, 15) is 14.4 Å². The van der Waals surface area contributed by atoms with E-state index < -0.39 is 23.8 Å². The van der Waals surface area contributed by atoms with E-state index in [4.69, 9.17) is 10.5 Å². The Morgan fingerprint density at radius 3 is 2.00 bits per heavy atom. The maximum atomic E-state index is 14.0. The molecule has 41 heavy (non-hydrogen) atoms. The lowest BCUT2D eigenvalue weighted by atomic mass is 9.66. The zero-order valence-corrected chi connectivity index (χ0v) is 25.8. The van der Waals surface area contributed by atoms with Crippen molar-refractivity contribution < 1.29 is 19.1 Å². The Bertz CT molecular complexity index is 963. The lowest BCUT2D eigenvalue weighted by Crippen LogP contribution is -2.60. The molecule has 0 aromatic carbocycles. The number of ether oxygens (including phenoxy) is 1. The van der Waals surface area contributed by atoms with Crippen LogP contribution in [0.5, 0.6) is 0 Å². The molecule has 3 amide bonds. The standard InChI is InChI=1S/C32H53N5O4/c1-6-21(2)27(37-31(40)41-32(3,4)5)30(39)36-28(29(38)35-20-22-17-18-25(33)34-19-22)26(23-13-9-7-10-14-23)24-15-11-8-12-16-24/h17-19,21,23-24,26-28H,6-16,20H2,1-5H3,(H2,33,34)(H,35,38)(H,36,39)(H,37,40)/t21-,27?,28+/m0/s1. The van der Waals surface area contributed by atoms with Gasteiger partial charge in [-0.1, -0.05) is 90.5 Å². The van der Waals surface area contributed by atoms with Crippen LogP contribution in [0.4, 0.5) is 10.6 Å². The number of carbonyl (C=O) groups is 3. The van der Waals surface area contributed by atoms with Crippen molar-refractivity contribution in [3.05, 3.63) is 23.9 Å². The fraction of sp³-hybridized carbons (Fsp3) is 0.750. The molecule has 0 radical (unpaired) electrons. The molecule has 3 atom stereocenters. The summed E-state index contributed by atoms with van der Waals surface area (Å²) in [5.41, 5.74) is 5.89. The van der Waals surface area contributed by atoms with Crippen LogP contribution in [-0.4, -0.2) is 40.6 Å². The van der Waals surface area contributed by atoms with E-state index in [1.54, 1.807) is 33.0 Å². The lowest BCUT2D eigenvalue weighted by molar-refractivity contribution is -0.133. The summed E-state index contributed by atoms with van der Waals surface area (Å²) in [6.45, 7) is 9.60. The first-order valence-corrected chi connectivity index (χ1v) is 15.8. The number of rotatable bonds is 11. The number of aromatic nitrogens is 1. The van der Waals surface area contributed by atoms with E-state index >= 15 is 0 Å². The Hall–Kier alpha value is -2.84. The number of nitrogen functional groups attached to an aromatic ring is 1. The number of anilines is 1. The Morgan fingerprint density at radius 1 is 0.927 bits per heavy atom. The van der Waals surface area contributed by atoms with Crippen LogP contribution in [0.15, 0.2) is 18.3 Å². The molecule has 9 nitrogen and oxygen atoms in total.